The van der Waals surface area contributed by atoms with Crippen LogP contribution in [0.1, 0.15) is 61.2 Å². The van der Waals surface area contributed by atoms with E-state index in [1.165, 1.54) is 111 Å². The Morgan fingerprint density at radius 1 is 0.500 bits per heavy atom. The van der Waals surface area contributed by atoms with Crippen molar-refractivity contribution in [1.82, 2.24) is 15.0 Å². The Labute approximate surface area is 338 Å². The minimum Gasteiger partial charge on any atom is -0.507 e. The molecular formula is C52H47N3O3. The van der Waals surface area contributed by atoms with E-state index in [9.17, 15) is 5.11 Å². The lowest BCUT2D eigenvalue weighted by atomic mass is 10.0. The van der Waals surface area contributed by atoms with E-state index < -0.39 is 0 Å². The lowest BCUT2D eigenvalue weighted by Gasteiger charge is -2.10. The Balaban J connectivity index is 0.000000106. The van der Waals surface area contributed by atoms with Gasteiger partial charge >= 0.3 is 0 Å². The molecule has 0 aliphatic heterocycles. The van der Waals surface area contributed by atoms with Gasteiger partial charge in [0.05, 0.1) is 31.3 Å². The van der Waals surface area contributed by atoms with Crippen LogP contribution in [-0.2, 0) is 19.3 Å². The smallest absolute Gasteiger partial charge is 0.125 e. The molecule has 12 rings (SSSR count). The van der Waals surface area contributed by atoms with Gasteiger partial charge in [-0.25, -0.2) is 0 Å². The zero-order valence-corrected chi connectivity index (χ0v) is 34.1. The van der Waals surface area contributed by atoms with Crippen LogP contribution in [0, 0.1) is 34.6 Å². The Kier molecular flexibility index (Phi) is 8.31. The fourth-order valence-corrected chi connectivity index (χ4v) is 10.1. The van der Waals surface area contributed by atoms with Gasteiger partial charge in [0.1, 0.15) is 17.2 Å². The Morgan fingerprint density at radius 2 is 0.983 bits per heavy atom. The molecule has 3 aliphatic rings. The van der Waals surface area contributed by atoms with Crippen LogP contribution in [0.5, 0.6) is 17.2 Å². The van der Waals surface area contributed by atoms with Gasteiger partial charge in [-0.1, -0.05) is 72.8 Å². The molecule has 0 unspecified atom stereocenters. The van der Waals surface area contributed by atoms with Crippen molar-refractivity contribution in [2.24, 2.45) is 0 Å². The predicted octanol–water partition coefficient (Wildman–Crippen LogP) is 12.5. The van der Waals surface area contributed by atoms with Crippen molar-refractivity contribution < 1.29 is 14.6 Å². The van der Waals surface area contributed by atoms with Gasteiger partial charge in [0.25, 0.3) is 0 Å². The summed E-state index contributed by atoms with van der Waals surface area (Å²) < 4.78 is 11.0. The Bertz CT molecular complexity index is 3140. The third kappa shape index (κ3) is 5.38. The average Bonchev–Trinajstić information content (AvgIpc) is 4.07. The summed E-state index contributed by atoms with van der Waals surface area (Å²) in [6.45, 7) is 10.3. The highest BCUT2D eigenvalue weighted by Gasteiger charge is 2.27. The fraction of sp³-hybridized carbons (Fsp3) is 0.192. The number of nitrogens with one attached hydrogen (secondary N) is 3. The number of aromatic nitrogens is 3. The van der Waals surface area contributed by atoms with Crippen LogP contribution in [-0.4, -0.2) is 34.3 Å². The van der Waals surface area contributed by atoms with E-state index in [1.807, 2.05) is 19.9 Å². The van der Waals surface area contributed by atoms with E-state index >= 15 is 0 Å². The molecule has 6 nitrogen and oxygen atoms in total. The second-order valence-corrected chi connectivity index (χ2v) is 16.2. The van der Waals surface area contributed by atoms with Crippen molar-refractivity contribution in [1.29, 1.82) is 0 Å². The van der Waals surface area contributed by atoms with Gasteiger partial charge in [-0.3, -0.25) is 0 Å². The number of phenols is 1. The first-order valence-electron chi connectivity index (χ1n) is 20.1. The standard InChI is InChI=1S/C18H17NO.2C17H15NO/c1-10-8-15-16(11(2)18(10)20-3)14-9-12-6-4-5-7-13(12)17(14)19-15;1-10-7-12(19-2)9-15-14-8-11-5-3-4-6-13(11)17(14)18-16(10)15;1-9-7-14-15(10(2)17(9)19)13-8-11-5-3-4-6-12(11)16(13)18-14/h4-8,19H,9H2,1-3H3;3-7,9,18H,8H2,1-2H3;3-7,18-19H,8H2,1-2H3. The molecule has 3 aliphatic carbocycles. The quantitative estimate of drug-likeness (QED) is 0.141. The second kappa shape index (κ2) is 13.5. The van der Waals surface area contributed by atoms with Crippen molar-refractivity contribution in [2.75, 3.05) is 14.2 Å². The molecule has 0 amide bonds. The predicted molar refractivity (Wildman–Crippen MR) is 238 cm³/mol. The van der Waals surface area contributed by atoms with E-state index in [2.05, 4.69) is 127 Å². The highest BCUT2D eigenvalue weighted by molar-refractivity contribution is 6.00. The van der Waals surface area contributed by atoms with Gasteiger partial charge in [-0.05, 0) is 109 Å². The largest absolute Gasteiger partial charge is 0.507 e. The minimum atomic E-state index is 0.422. The van der Waals surface area contributed by atoms with E-state index in [0.717, 1.165) is 47.4 Å². The number of aryl methyl sites for hydroxylation is 5. The molecule has 9 aromatic rings. The van der Waals surface area contributed by atoms with Crippen LogP contribution in [0.3, 0.4) is 0 Å². The summed E-state index contributed by atoms with van der Waals surface area (Å²) >= 11 is 0. The SMILES string of the molecule is COc1c(C)cc2[nH]c3c(c2c1C)Cc1ccccc1-3.COc1cc(C)c2[nH]c3c(c2c1)Cc1ccccc1-3.Cc1cc2[nH]c3c(c2c(C)c1O)Cc1ccccc1-3. The topological polar surface area (TPSA) is 86.1 Å². The number of fused-ring (bicyclic) bond motifs is 15. The van der Waals surface area contributed by atoms with E-state index in [0.29, 0.717) is 5.75 Å². The molecule has 0 saturated carbocycles. The molecule has 4 N–H and O–H groups in total. The summed E-state index contributed by atoms with van der Waals surface area (Å²) in [6.07, 6.45) is 2.98. The molecule has 3 heterocycles. The van der Waals surface area contributed by atoms with Crippen LogP contribution in [0.25, 0.3) is 66.5 Å². The van der Waals surface area contributed by atoms with Crippen LogP contribution in [0.4, 0.5) is 0 Å². The number of rotatable bonds is 2. The van der Waals surface area contributed by atoms with Crippen molar-refractivity contribution in [3.8, 4) is 51.0 Å². The van der Waals surface area contributed by atoms with Crippen LogP contribution < -0.4 is 9.47 Å². The first kappa shape index (κ1) is 35.7. The van der Waals surface area contributed by atoms with E-state index in [4.69, 9.17) is 9.47 Å². The summed E-state index contributed by atoms with van der Waals surface area (Å²) in [5.41, 5.74) is 25.3. The molecular weight excluding hydrogens is 715 g/mol. The Hall–Kier alpha value is -6.66. The lowest BCUT2D eigenvalue weighted by Crippen LogP contribution is -1.93. The molecule has 6 heteroatoms. The number of H-pyrrole nitrogens is 3. The van der Waals surface area contributed by atoms with Crippen LogP contribution in [0.2, 0.25) is 0 Å². The number of aromatic hydroxyl groups is 1. The number of hydrogen-bond acceptors (Lipinski definition) is 3. The van der Waals surface area contributed by atoms with Gasteiger partial charge in [0, 0.05) is 79.8 Å². The molecule has 0 bridgehead atoms. The number of benzene rings is 6. The maximum Gasteiger partial charge on any atom is 0.125 e. The van der Waals surface area contributed by atoms with Gasteiger partial charge in [0.2, 0.25) is 0 Å². The van der Waals surface area contributed by atoms with E-state index in [-0.39, 0.29) is 0 Å². The first-order valence-corrected chi connectivity index (χ1v) is 20.1. The van der Waals surface area contributed by atoms with E-state index in [1.54, 1.807) is 14.2 Å². The van der Waals surface area contributed by atoms with Gasteiger partial charge in [0.15, 0.2) is 0 Å². The van der Waals surface area contributed by atoms with Gasteiger partial charge in [-0.15, -0.1) is 0 Å². The molecule has 0 radical (unpaired) electrons. The fourth-order valence-electron chi connectivity index (χ4n) is 10.1. The monoisotopic (exact) mass is 761 g/mol. The summed E-state index contributed by atoms with van der Waals surface area (Å²) in [5, 5.41) is 14.0. The van der Waals surface area contributed by atoms with Crippen LogP contribution >= 0.6 is 0 Å². The zero-order chi connectivity index (χ0) is 40.0. The molecule has 6 aromatic carbocycles. The summed E-state index contributed by atoms with van der Waals surface area (Å²) in [7, 11) is 3.48. The average molecular weight is 762 g/mol. The molecule has 3 aromatic heterocycles. The summed E-state index contributed by atoms with van der Waals surface area (Å²) in [5.74, 6) is 2.36. The number of aromatic amines is 3. The van der Waals surface area contributed by atoms with Gasteiger partial charge < -0.3 is 29.5 Å². The maximum absolute atomic E-state index is 10.2. The van der Waals surface area contributed by atoms with Gasteiger partial charge in [-0.2, -0.15) is 0 Å². The zero-order valence-electron chi connectivity index (χ0n) is 34.1. The van der Waals surface area contributed by atoms with Crippen molar-refractivity contribution in [3.63, 3.8) is 0 Å². The summed E-state index contributed by atoms with van der Waals surface area (Å²) in [6, 6.07) is 34.2. The Morgan fingerprint density at radius 3 is 1.52 bits per heavy atom. The first-order chi connectivity index (χ1) is 28.1. The van der Waals surface area contributed by atoms with Crippen LogP contribution in [0.15, 0.2) is 97.1 Å². The molecule has 0 saturated heterocycles. The minimum absolute atomic E-state index is 0.422. The molecule has 288 valence electrons. The number of ether oxygens (including phenoxy) is 2. The highest BCUT2D eigenvalue weighted by atomic mass is 16.5. The molecule has 0 fully saturated rings. The summed E-state index contributed by atoms with van der Waals surface area (Å²) in [4.78, 5) is 10.7. The maximum atomic E-state index is 10.2. The third-order valence-electron chi connectivity index (χ3n) is 12.8. The van der Waals surface area contributed by atoms with Crippen molar-refractivity contribution in [2.45, 2.75) is 53.9 Å². The normalized spacial score (nSPS) is 12.6. The van der Waals surface area contributed by atoms with Crippen molar-refractivity contribution in [3.05, 3.63) is 158 Å². The lowest BCUT2D eigenvalue weighted by molar-refractivity contribution is 0.409. The molecule has 0 spiro atoms. The number of methoxy groups -OCH3 is 2. The van der Waals surface area contributed by atoms with Crippen molar-refractivity contribution >= 4 is 32.7 Å². The number of hydrogen-bond donors (Lipinski definition) is 4. The number of phenolic OH excluding ortho intramolecular Hbond substituents is 1. The molecule has 0 atom stereocenters. The second-order valence-electron chi connectivity index (χ2n) is 16.2. The highest BCUT2D eigenvalue weighted by Crippen LogP contribution is 2.46. The third-order valence-corrected chi connectivity index (χ3v) is 12.8. The molecule has 58 heavy (non-hydrogen) atoms.